The van der Waals surface area contributed by atoms with Crippen molar-refractivity contribution in [1.82, 2.24) is 10.2 Å². The number of urea groups is 1. The Morgan fingerprint density at radius 2 is 1.72 bits per heavy atom. The third kappa shape index (κ3) is 3.85. The van der Waals surface area contributed by atoms with Gasteiger partial charge in [0, 0.05) is 5.56 Å². The summed E-state index contributed by atoms with van der Waals surface area (Å²) in [6, 6.07) is 20.9. The van der Waals surface area contributed by atoms with Gasteiger partial charge in [0.2, 0.25) is 0 Å². The van der Waals surface area contributed by atoms with Crippen LogP contribution in [0.1, 0.15) is 24.5 Å². The van der Waals surface area contributed by atoms with Gasteiger partial charge in [-0.2, -0.15) is 0 Å². The van der Waals surface area contributed by atoms with E-state index in [9.17, 15) is 9.59 Å². The zero-order valence-electron chi connectivity index (χ0n) is 16.2. The van der Waals surface area contributed by atoms with Crippen LogP contribution in [0.5, 0.6) is 5.75 Å². The van der Waals surface area contributed by atoms with E-state index in [2.05, 4.69) is 5.32 Å². The lowest BCUT2D eigenvalue weighted by molar-refractivity contribution is -0.123. The van der Waals surface area contributed by atoms with Crippen LogP contribution in [0.15, 0.2) is 72.4 Å². The van der Waals surface area contributed by atoms with Crippen LogP contribution < -0.4 is 10.1 Å². The molecule has 0 atom stereocenters. The molecule has 0 saturated carbocycles. The van der Waals surface area contributed by atoms with E-state index < -0.39 is 6.03 Å². The van der Waals surface area contributed by atoms with Gasteiger partial charge in [-0.25, -0.2) is 4.79 Å². The molecule has 0 bridgehead atoms. The quantitative estimate of drug-likeness (QED) is 0.493. The van der Waals surface area contributed by atoms with Gasteiger partial charge in [0.05, 0.1) is 13.2 Å². The summed E-state index contributed by atoms with van der Waals surface area (Å²) in [6.45, 7) is 2.86. The first kappa shape index (κ1) is 18.7. The minimum absolute atomic E-state index is 0.234. The number of benzene rings is 3. The Morgan fingerprint density at radius 1 is 0.966 bits per heavy atom. The highest BCUT2D eigenvalue weighted by molar-refractivity contribution is 6.14. The summed E-state index contributed by atoms with van der Waals surface area (Å²) in [5.74, 6) is 0.356. The maximum atomic E-state index is 12.9. The molecule has 29 heavy (non-hydrogen) atoms. The Labute approximate surface area is 169 Å². The molecular weight excluding hydrogens is 364 g/mol. The van der Waals surface area contributed by atoms with Gasteiger partial charge >= 0.3 is 6.03 Å². The van der Waals surface area contributed by atoms with E-state index in [0.717, 1.165) is 28.3 Å². The SMILES string of the molecule is CCCOc1ccc2ccccc2c1/C=C1\NC(=O)N(Cc2ccccc2)C1=O. The maximum Gasteiger partial charge on any atom is 0.329 e. The molecular formula is C24H22N2O3. The van der Waals surface area contributed by atoms with Crippen molar-refractivity contribution in [1.29, 1.82) is 0 Å². The molecule has 1 aliphatic rings. The topological polar surface area (TPSA) is 58.6 Å². The summed E-state index contributed by atoms with van der Waals surface area (Å²) in [4.78, 5) is 26.6. The Hall–Kier alpha value is -3.60. The molecule has 0 spiro atoms. The van der Waals surface area contributed by atoms with Crippen LogP contribution in [0, 0.1) is 0 Å². The highest BCUT2D eigenvalue weighted by atomic mass is 16.5. The summed E-state index contributed by atoms with van der Waals surface area (Å²) < 4.78 is 5.91. The van der Waals surface area contributed by atoms with Gasteiger partial charge in [0.15, 0.2) is 0 Å². The summed E-state index contributed by atoms with van der Waals surface area (Å²) in [5.41, 5.74) is 1.94. The van der Waals surface area contributed by atoms with Gasteiger partial charge in [0.25, 0.3) is 5.91 Å². The van der Waals surface area contributed by atoms with E-state index in [1.807, 2.05) is 73.7 Å². The summed E-state index contributed by atoms with van der Waals surface area (Å²) >= 11 is 0. The fraction of sp³-hybridized carbons (Fsp3) is 0.167. The van der Waals surface area contributed by atoms with Gasteiger partial charge in [0.1, 0.15) is 11.4 Å². The van der Waals surface area contributed by atoms with Crippen LogP contribution in [-0.4, -0.2) is 23.4 Å². The standard InChI is InChI=1S/C24H22N2O3/c1-2-14-29-22-13-12-18-10-6-7-11-19(18)20(22)15-21-23(27)26(24(28)25-21)16-17-8-4-3-5-9-17/h3-13,15H,2,14,16H2,1H3,(H,25,28)/b21-15-. The lowest BCUT2D eigenvalue weighted by Gasteiger charge is -2.12. The third-order valence-corrected chi connectivity index (χ3v) is 4.83. The number of rotatable bonds is 6. The average molecular weight is 386 g/mol. The molecule has 0 unspecified atom stereocenters. The van der Waals surface area contributed by atoms with Crippen molar-refractivity contribution in [3.8, 4) is 5.75 Å². The van der Waals surface area contributed by atoms with Crippen molar-refractivity contribution in [2.24, 2.45) is 0 Å². The molecule has 3 aromatic rings. The minimum atomic E-state index is -0.415. The first-order valence-corrected chi connectivity index (χ1v) is 9.70. The molecule has 1 heterocycles. The van der Waals surface area contributed by atoms with Crippen LogP contribution in [0.25, 0.3) is 16.8 Å². The van der Waals surface area contributed by atoms with Crippen LogP contribution in [-0.2, 0) is 11.3 Å². The smallest absolute Gasteiger partial charge is 0.329 e. The molecule has 0 aliphatic carbocycles. The number of nitrogens with zero attached hydrogens (tertiary/aromatic N) is 1. The number of amides is 3. The molecule has 0 aromatic heterocycles. The molecule has 1 saturated heterocycles. The minimum Gasteiger partial charge on any atom is -0.493 e. The number of ether oxygens (including phenoxy) is 1. The first-order valence-electron chi connectivity index (χ1n) is 9.70. The number of carbonyl (C=O) groups is 2. The molecule has 3 amide bonds. The van der Waals surface area contributed by atoms with E-state index in [0.29, 0.717) is 12.4 Å². The predicted molar refractivity (Wildman–Crippen MR) is 113 cm³/mol. The number of carbonyl (C=O) groups excluding carboxylic acids is 2. The lowest BCUT2D eigenvalue weighted by atomic mass is 10.0. The number of hydrogen-bond donors (Lipinski definition) is 1. The molecule has 1 N–H and O–H groups in total. The van der Waals surface area contributed by atoms with E-state index >= 15 is 0 Å². The summed E-state index contributed by atoms with van der Waals surface area (Å²) in [6.07, 6.45) is 2.60. The zero-order chi connectivity index (χ0) is 20.2. The molecule has 4 rings (SSSR count). The lowest BCUT2D eigenvalue weighted by Crippen LogP contribution is -2.30. The van der Waals surface area contributed by atoms with Gasteiger partial charge in [-0.05, 0) is 34.9 Å². The Kier molecular flexibility index (Phi) is 5.29. The van der Waals surface area contributed by atoms with Gasteiger partial charge in [-0.15, -0.1) is 0 Å². The highest BCUT2D eigenvalue weighted by Crippen LogP contribution is 2.31. The fourth-order valence-electron chi connectivity index (χ4n) is 3.39. The van der Waals surface area contributed by atoms with Gasteiger partial charge in [-0.1, -0.05) is 67.6 Å². The van der Waals surface area contributed by atoms with Crippen LogP contribution in [0.2, 0.25) is 0 Å². The van der Waals surface area contributed by atoms with Crippen molar-refractivity contribution < 1.29 is 14.3 Å². The average Bonchev–Trinajstić information content (AvgIpc) is 3.01. The third-order valence-electron chi connectivity index (χ3n) is 4.83. The van der Waals surface area contributed by atoms with E-state index in [4.69, 9.17) is 4.74 Å². The molecule has 5 heteroatoms. The van der Waals surface area contributed by atoms with E-state index in [1.54, 1.807) is 6.08 Å². The first-order chi connectivity index (χ1) is 14.2. The van der Waals surface area contributed by atoms with Crippen molar-refractivity contribution in [2.75, 3.05) is 6.61 Å². The molecule has 146 valence electrons. The summed E-state index contributed by atoms with van der Waals surface area (Å²) in [7, 11) is 0. The highest BCUT2D eigenvalue weighted by Gasteiger charge is 2.33. The molecule has 1 aliphatic heterocycles. The number of imide groups is 1. The zero-order valence-corrected chi connectivity index (χ0v) is 16.2. The van der Waals surface area contributed by atoms with Gasteiger partial charge in [-0.3, -0.25) is 9.69 Å². The van der Waals surface area contributed by atoms with Crippen LogP contribution in [0.3, 0.4) is 0 Å². The number of fused-ring (bicyclic) bond motifs is 1. The molecule has 5 nitrogen and oxygen atoms in total. The number of nitrogens with one attached hydrogen (secondary N) is 1. The normalized spacial score (nSPS) is 15.2. The molecule has 3 aromatic carbocycles. The molecule has 0 radical (unpaired) electrons. The Morgan fingerprint density at radius 3 is 2.52 bits per heavy atom. The van der Waals surface area contributed by atoms with E-state index in [-0.39, 0.29) is 18.1 Å². The second-order valence-corrected chi connectivity index (χ2v) is 6.91. The maximum absolute atomic E-state index is 12.9. The van der Waals surface area contributed by atoms with Crippen LogP contribution in [0.4, 0.5) is 4.79 Å². The second-order valence-electron chi connectivity index (χ2n) is 6.91. The molecule has 1 fully saturated rings. The fourth-order valence-corrected chi connectivity index (χ4v) is 3.39. The summed E-state index contributed by atoms with van der Waals surface area (Å²) in [5, 5.41) is 4.73. The van der Waals surface area contributed by atoms with E-state index in [1.165, 1.54) is 4.90 Å². The second kappa shape index (κ2) is 8.19. The Balaban J connectivity index is 1.71. The van der Waals surface area contributed by atoms with Crippen molar-refractivity contribution in [2.45, 2.75) is 19.9 Å². The predicted octanol–water partition coefficient (Wildman–Crippen LogP) is 4.72. The largest absolute Gasteiger partial charge is 0.493 e. The van der Waals surface area contributed by atoms with Crippen molar-refractivity contribution in [3.05, 3.63) is 83.6 Å². The van der Waals surface area contributed by atoms with Gasteiger partial charge < -0.3 is 10.1 Å². The van der Waals surface area contributed by atoms with Crippen LogP contribution >= 0.6 is 0 Å². The van der Waals surface area contributed by atoms with Crippen molar-refractivity contribution in [3.63, 3.8) is 0 Å². The Bertz CT molecular complexity index is 1090. The number of hydrogen-bond acceptors (Lipinski definition) is 3. The van der Waals surface area contributed by atoms with Crippen molar-refractivity contribution >= 4 is 28.8 Å². The monoisotopic (exact) mass is 386 g/mol.